The number of hydrogen-bond acceptors (Lipinski definition) is 8. The fourth-order valence-electron chi connectivity index (χ4n) is 5.97. The van der Waals surface area contributed by atoms with Gasteiger partial charge in [-0.25, -0.2) is 0 Å². The number of carbonyl (C=O) groups excluding carboxylic acids is 1. The third-order valence-electron chi connectivity index (χ3n) is 8.62. The SMILES string of the molecule is CCCCC[C@@H](O)[C@@H](CCCCC)C(=O)CCc1ccc(O)c(OCN2C=C3N=CC(Cc4cccc(C(N)N)c4)=C3C2)c1. The van der Waals surface area contributed by atoms with E-state index in [1.807, 2.05) is 47.6 Å². The molecule has 8 nitrogen and oxygen atoms in total. The number of rotatable bonds is 19. The topological polar surface area (TPSA) is 134 Å². The highest BCUT2D eigenvalue weighted by molar-refractivity contribution is 5.87. The summed E-state index contributed by atoms with van der Waals surface area (Å²) in [7, 11) is 0. The molecule has 0 unspecified atom stereocenters. The van der Waals surface area contributed by atoms with Gasteiger partial charge in [-0.1, -0.05) is 82.7 Å². The van der Waals surface area contributed by atoms with Crippen molar-refractivity contribution < 1.29 is 19.7 Å². The molecule has 2 aliphatic heterocycles. The molecule has 0 fully saturated rings. The molecule has 0 amide bonds. The minimum atomic E-state index is -0.576. The van der Waals surface area contributed by atoms with Crippen LogP contribution in [0.2, 0.25) is 0 Å². The number of allylic oxidation sites excluding steroid dienone is 1. The van der Waals surface area contributed by atoms with Gasteiger partial charge >= 0.3 is 0 Å². The van der Waals surface area contributed by atoms with Crippen molar-refractivity contribution in [3.8, 4) is 11.5 Å². The molecule has 2 aliphatic rings. The van der Waals surface area contributed by atoms with Gasteiger partial charge in [0.15, 0.2) is 18.2 Å². The molecule has 4 rings (SSSR count). The molecular formula is C36H50N4O4. The number of benzene rings is 2. The lowest BCUT2D eigenvalue weighted by Gasteiger charge is -2.22. The van der Waals surface area contributed by atoms with Gasteiger partial charge in [0, 0.05) is 36.9 Å². The molecule has 2 heterocycles. The number of aliphatic imine (C=N–C) groups is 1. The van der Waals surface area contributed by atoms with Gasteiger partial charge in [0.2, 0.25) is 0 Å². The first-order chi connectivity index (χ1) is 21.3. The molecule has 0 saturated carbocycles. The second kappa shape index (κ2) is 16.6. The number of aliphatic hydroxyl groups is 1. The van der Waals surface area contributed by atoms with Crippen LogP contribution in [0.4, 0.5) is 0 Å². The number of aliphatic hydroxyl groups excluding tert-OH is 1. The lowest BCUT2D eigenvalue weighted by atomic mass is 9.86. The van der Waals surface area contributed by atoms with Crippen LogP contribution in [0.3, 0.4) is 0 Å². The Morgan fingerprint density at radius 1 is 1.02 bits per heavy atom. The van der Waals surface area contributed by atoms with Crippen LogP contribution >= 0.6 is 0 Å². The summed E-state index contributed by atoms with van der Waals surface area (Å²) < 4.78 is 6.04. The van der Waals surface area contributed by atoms with E-state index in [9.17, 15) is 15.0 Å². The number of ether oxygens (including phenoxy) is 1. The number of unbranched alkanes of at least 4 members (excludes halogenated alkanes) is 4. The van der Waals surface area contributed by atoms with Gasteiger partial charge in [-0.15, -0.1) is 0 Å². The molecule has 0 radical (unpaired) electrons. The monoisotopic (exact) mass is 602 g/mol. The van der Waals surface area contributed by atoms with Gasteiger partial charge in [-0.3, -0.25) is 9.79 Å². The van der Waals surface area contributed by atoms with Crippen molar-refractivity contribution in [1.29, 1.82) is 0 Å². The molecular weight excluding hydrogens is 552 g/mol. The average Bonchev–Trinajstić information content (AvgIpc) is 3.59. The molecule has 2 aromatic carbocycles. The standard InChI is InChI=1S/C36H50N4O4/c1-3-5-7-12-29(32(41)13-8-6-4-2)33(42)16-14-25-15-17-34(43)35(20-25)44-24-40-22-30-28(21-39-31(30)23-40)19-26-10-9-11-27(18-26)36(37)38/h9-11,15,17-18,20-21,23,29,32,36,41,43H,3-8,12-14,16,19,22,24,37-38H2,1-2H3/t29-,32-/m1/s1. The first-order valence-electron chi connectivity index (χ1n) is 16.3. The summed E-state index contributed by atoms with van der Waals surface area (Å²) in [5.74, 6) is 0.264. The molecule has 0 bridgehead atoms. The quantitative estimate of drug-likeness (QED) is 0.113. The van der Waals surface area contributed by atoms with E-state index in [0.717, 1.165) is 84.9 Å². The van der Waals surface area contributed by atoms with Crippen molar-refractivity contribution in [2.24, 2.45) is 22.4 Å². The maximum Gasteiger partial charge on any atom is 0.163 e. The summed E-state index contributed by atoms with van der Waals surface area (Å²) in [4.78, 5) is 19.9. The second-order valence-electron chi connectivity index (χ2n) is 12.2. The molecule has 44 heavy (non-hydrogen) atoms. The van der Waals surface area contributed by atoms with E-state index in [2.05, 4.69) is 24.9 Å². The van der Waals surface area contributed by atoms with Gasteiger partial charge in [0.05, 0.1) is 18.0 Å². The number of nitrogens with zero attached hydrogens (tertiary/aromatic N) is 2. The minimum absolute atomic E-state index is 0.0619. The number of aromatic hydroxyl groups is 1. The molecule has 2 aromatic rings. The first kappa shape index (κ1) is 33.4. The lowest BCUT2D eigenvalue weighted by Crippen LogP contribution is -2.28. The van der Waals surface area contributed by atoms with Crippen molar-refractivity contribution in [2.45, 2.75) is 96.7 Å². The number of phenols is 1. The predicted molar refractivity (Wildman–Crippen MR) is 176 cm³/mol. The zero-order valence-corrected chi connectivity index (χ0v) is 26.4. The van der Waals surface area contributed by atoms with Gasteiger partial charge < -0.3 is 31.3 Å². The van der Waals surface area contributed by atoms with Crippen molar-refractivity contribution in [3.05, 3.63) is 82.2 Å². The van der Waals surface area contributed by atoms with Gasteiger partial charge in [-0.05, 0) is 60.1 Å². The number of Topliss-reactive ketones (excluding diaryl/α,β-unsaturated/α-hetero) is 1. The van der Waals surface area contributed by atoms with Gasteiger partial charge in [0.25, 0.3) is 0 Å². The Bertz CT molecular complexity index is 1350. The summed E-state index contributed by atoms with van der Waals surface area (Å²) in [5, 5.41) is 21.3. The third kappa shape index (κ3) is 9.27. The Hall–Kier alpha value is -3.46. The van der Waals surface area contributed by atoms with Crippen molar-refractivity contribution in [1.82, 2.24) is 4.90 Å². The molecule has 238 valence electrons. The number of carbonyl (C=O) groups is 1. The Kier molecular flexibility index (Phi) is 12.6. The summed E-state index contributed by atoms with van der Waals surface area (Å²) in [6, 6.07) is 13.3. The zero-order chi connectivity index (χ0) is 31.5. The maximum absolute atomic E-state index is 13.2. The highest BCUT2D eigenvalue weighted by Gasteiger charge is 2.27. The molecule has 2 atom stereocenters. The Morgan fingerprint density at radius 3 is 2.55 bits per heavy atom. The van der Waals surface area contributed by atoms with Gasteiger partial charge in [0.1, 0.15) is 5.78 Å². The number of aryl methyl sites for hydroxylation is 1. The maximum atomic E-state index is 13.2. The number of fused-ring (bicyclic) bond motifs is 1. The fourth-order valence-corrected chi connectivity index (χ4v) is 5.97. The van der Waals surface area contributed by atoms with E-state index < -0.39 is 12.3 Å². The zero-order valence-electron chi connectivity index (χ0n) is 26.4. The summed E-state index contributed by atoms with van der Waals surface area (Å²) in [6.45, 7) is 5.21. The van der Waals surface area contributed by atoms with Crippen LogP contribution in [0, 0.1) is 5.92 Å². The van der Waals surface area contributed by atoms with E-state index >= 15 is 0 Å². The van der Waals surface area contributed by atoms with Crippen LogP contribution in [0.25, 0.3) is 0 Å². The van der Waals surface area contributed by atoms with Crippen LogP contribution in [0.1, 0.15) is 94.5 Å². The summed E-state index contributed by atoms with van der Waals surface area (Å²) in [6.07, 6.45) is 12.1. The van der Waals surface area contributed by atoms with Crippen molar-refractivity contribution in [3.63, 3.8) is 0 Å². The fraction of sp³-hybridized carbons (Fsp3) is 0.500. The van der Waals surface area contributed by atoms with Crippen LogP contribution in [-0.4, -0.2) is 46.5 Å². The molecule has 0 aromatic heterocycles. The molecule has 0 spiro atoms. The Labute approximate surface area is 262 Å². The third-order valence-corrected chi connectivity index (χ3v) is 8.62. The molecule has 6 N–H and O–H groups in total. The highest BCUT2D eigenvalue weighted by Crippen LogP contribution is 2.33. The number of nitrogens with two attached hydrogens (primary N) is 2. The van der Waals surface area contributed by atoms with Gasteiger partial charge in [-0.2, -0.15) is 0 Å². The number of phenolic OH excluding ortho intramolecular Hbond substituents is 1. The van der Waals surface area contributed by atoms with E-state index in [1.54, 1.807) is 6.07 Å². The predicted octanol–water partition coefficient (Wildman–Crippen LogP) is 6.06. The van der Waals surface area contributed by atoms with E-state index in [4.69, 9.17) is 16.2 Å². The normalized spacial score (nSPS) is 15.6. The summed E-state index contributed by atoms with van der Waals surface area (Å²) >= 11 is 0. The van der Waals surface area contributed by atoms with Crippen LogP contribution < -0.4 is 16.2 Å². The minimum Gasteiger partial charge on any atom is -0.504 e. The van der Waals surface area contributed by atoms with Crippen LogP contribution in [0.5, 0.6) is 11.5 Å². The first-order valence-corrected chi connectivity index (χ1v) is 16.3. The van der Waals surface area contributed by atoms with Crippen LogP contribution in [0.15, 0.2) is 70.5 Å². The molecule has 0 aliphatic carbocycles. The smallest absolute Gasteiger partial charge is 0.163 e. The van der Waals surface area contributed by atoms with Crippen molar-refractivity contribution >= 4 is 12.0 Å². The second-order valence-corrected chi connectivity index (χ2v) is 12.2. The number of hydrogen-bond donors (Lipinski definition) is 4. The van der Waals surface area contributed by atoms with E-state index in [0.29, 0.717) is 31.6 Å². The highest BCUT2D eigenvalue weighted by atomic mass is 16.5. The Morgan fingerprint density at radius 2 is 1.80 bits per heavy atom. The Balaban J connectivity index is 1.32. The van der Waals surface area contributed by atoms with E-state index in [-0.39, 0.29) is 24.2 Å². The summed E-state index contributed by atoms with van der Waals surface area (Å²) in [5.41, 5.74) is 17.9. The lowest BCUT2D eigenvalue weighted by molar-refractivity contribution is -0.126. The molecule has 0 saturated heterocycles. The number of ketones is 1. The van der Waals surface area contributed by atoms with Crippen LogP contribution in [-0.2, 0) is 17.6 Å². The largest absolute Gasteiger partial charge is 0.504 e. The van der Waals surface area contributed by atoms with E-state index in [1.165, 1.54) is 0 Å². The van der Waals surface area contributed by atoms with Crippen molar-refractivity contribution in [2.75, 3.05) is 13.3 Å². The average molecular weight is 603 g/mol. The molecule has 8 heteroatoms.